The molecule has 1 aromatic carbocycles. The van der Waals surface area contributed by atoms with Gasteiger partial charge < -0.3 is 14.0 Å². The first-order valence-corrected chi connectivity index (χ1v) is 8.12. The van der Waals surface area contributed by atoms with Gasteiger partial charge in [0.2, 0.25) is 0 Å². The summed E-state index contributed by atoms with van der Waals surface area (Å²) in [5.74, 6) is 0.284. The second-order valence-corrected chi connectivity index (χ2v) is 5.59. The molecular formula is C17H17ClN4O3. The molecule has 2 heterocycles. The molecule has 2 aromatic heterocycles. The Morgan fingerprint density at radius 3 is 2.88 bits per heavy atom. The van der Waals surface area contributed by atoms with E-state index in [0.29, 0.717) is 22.8 Å². The minimum absolute atomic E-state index is 0.273. The highest BCUT2D eigenvalue weighted by Gasteiger charge is 2.12. The van der Waals surface area contributed by atoms with Crippen LogP contribution in [0.3, 0.4) is 0 Å². The predicted octanol–water partition coefficient (Wildman–Crippen LogP) is 3.83. The number of carbonyl (C=O) groups is 1. The van der Waals surface area contributed by atoms with Crippen molar-refractivity contribution in [1.82, 2.24) is 14.5 Å². The normalized spacial score (nSPS) is 10.8. The fraction of sp³-hybridized carbons (Fsp3) is 0.235. The van der Waals surface area contributed by atoms with E-state index in [9.17, 15) is 4.79 Å². The highest BCUT2D eigenvalue weighted by molar-refractivity contribution is 6.35. The third-order valence-electron chi connectivity index (χ3n) is 3.38. The summed E-state index contributed by atoms with van der Waals surface area (Å²) in [6.07, 6.45) is 1.01. The van der Waals surface area contributed by atoms with Gasteiger partial charge in [-0.3, -0.25) is 5.32 Å². The maximum Gasteiger partial charge on any atom is 0.412 e. The summed E-state index contributed by atoms with van der Waals surface area (Å²) >= 11 is 6.32. The largest absolute Gasteiger partial charge is 0.450 e. The molecule has 0 spiro atoms. The average molecular weight is 361 g/mol. The molecule has 0 saturated carbocycles. The van der Waals surface area contributed by atoms with Gasteiger partial charge >= 0.3 is 6.09 Å². The van der Waals surface area contributed by atoms with Gasteiger partial charge in [-0.25, -0.2) is 14.8 Å². The highest BCUT2D eigenvalue weighted by atomic mass is 35.5. The minimum Gasteiger partial charge on any atom is -0.450 e. The van der Waals surface area contributed by atoms with Gasteiger partial charge in [0.25, 0.3) is 0 Å². The summed E-state index contributed by atoms with van der Waals surface area (Å²) in [5.41, 5.74) is 2.14. The number of pyridine rings is 1. The van der Waals surface area contributed by atoms with Crippen LogP contribution in [0.2, 0.25) is 5.02 Å². The highest BCUT2D eigenvalue weighted by Crippen LogP contribution is 2.25. The summed E-state index contributed by atoms with van der Waals surface area (Å²) in [7, 11) is 0. The summed E-state index contributed by atoms with van der Waals surface area (Å²) in [5, 5.41) is 2.93. The summed E-state index contributed by atoms with van der Waals surface area (Å²) in [6, 6.07) is 11.4. The van der Waals surface area contributed by atoms with Crippen molar-refractivity contribution >= 4 is 34.7 Å². The second-order valence-electron chi connectivity index (χ2n) is 5.18. The van der Waals surface area contributed by atoms with Crippen LogP contribution in [-0.2, 0) is 22.8 Å². The number of imidazole rings is 1. The first-order chi connectivity index (χ1) is 12.2. The molecule has 7 nitrogen and oxygen atoms in total. The van der Waals surface area contributed by atoms with Crippen molar-refractivity contribution in [2.45, 2.75) is 20.3 Å². The summed E-state index contributed by atoms with van der Waals surface area (Å²) in [6.45, 7) is 2.76. The van der Waals surface area contributed by atoms with E-state index in [4.69, 9.17) is 21.1 Å². The molecule has 1 amide bonds. The van der Waals surface area contributed by atoms with E-state index < -0.39 is 6.09 Å². The Morgan fingerprint density at radius 1 is 1.32 bits per heavy atom. The van der Waals surface area contributed by atoms with Crippen LogP contribution in [0.1, 0.15) is 12.5 Å². The number of rotatable bonds is 6. The van der Waals surface area contributed by atoms with E-state index in [1.165, 1.54) is 0 Å². The van der Waals surface area contributed by atoms with Gasteiger partial charge in [0.05, 0.1) is 24.6 Å². The number of anilines is 1. The van der Waals surface area contributed by atoms with Crippen molar-refractivity contribution in [2.24, 2.45) is 0 Å². The molecule has 0 aliphatic heterocycles. The molecule has 8 heteroatoms. The van der Waals surface area contributed by atoms with Crippen LogP contribution in [0.25, 0.3) is 11.2 Å². The Labute approximate surface area is 149 Å². The maximum atomic E-state index is 11.5. The monoisotopic (exact) mass is 360 g/mol. The number of amides is 1. The lowest BCUT2D eigenvalue weighted by Gasteiger charge is -2.08. The van der Waals surface area contributed by atoms with Crippen LogP contribution in [0.15, 0.2) is 42.7 Å². The zero-order valence-corrected chi connectivity index (χ0v) is 14.4. The fourth-order valence-electron chi connectivity index (χ4n) is 2.30. The van der Waals surface area contributed by atoms with E-state index in [2.05, 4.69) is 15.3 Å². The fourth-order valence-corrected chi connectivity index (χ4v) is 2.60. The molecule has 0 aliphatic rings. The lowest BCUT2D eigenvalue weighted by molar-refractivity contribution is 0.0664. The molecule has 1 N–H and O–H groups in total. The molecule has 0 aliphatic carbocycles. The number of nitrogens with one attached hydrogen (secondary N) is 1. The Balaban J connectivity index is 1.71. The third-order valence-corrected chi connectivity index (χ3v) is 3.67. The van der Waals surface area contributed by atoms with Crippen molar-refractivity contribution in [2.75, 3.05) is 11.9 Å². The van der Waals surface area contributed by atoms with Gasteiger partial charge in [0.1, 0.15) is 18.1 Å². The van der Waals surface area contributed by atoms with Crippen LogP contribution < -0.4 is 5.32 Å². The van der Waals surface area contributed by atoms with Crippen molar-refractivity contribution in [3.05, 3.63) is 53.3 Å². The lowest BCUT2D eigenvalue weighted by Crippen LogP contribution is -2.14. The van der Waals surface area contributed by atoms with Gasteiger partial charge in [-0.2, -0.15) is 0 Å². The first-order valence-electron chi connectivity index (χ1n) is 7.74. The standard InChI is InChI=1S/C17H17ClN4O3/c1-2-25-17(23)21-14-8-13(18)15-16(20-14)19-10-22(15)11-24-9-12-6-4-3-5-7-12/h3-8,10H,2,9,11H2,1H3,(H,20,21,23). The van der Waals surface area contributed by atoms with E-state index in [-0.39, 0.29) is 19.2 Å². The van der Waals surface area contributed by atoms with E-state index in [1.54, 1.807) is 23.9 Å². The maximum absolute atomic E-state index is 11.5. The van der Waals surface area contributed by atoms with E-state index in [1.807, 2.05) is 30.3 Å². The number of aromatic nitrogens is 3. The van der Waals surface area contributed by atoms with Crippen molar-refractivity contribution in [3.63, 3.8) is 0 Å². The quantitative estimate of drug-likeness (QED) is 0.722. The Morgan fingerprint density at radius 2 is 2.12 bits per heavy atom. The van der Waals surface area contributed by atoms with E-state index >= 15 is 0 Å². The Bertz CT molecular complexity index is 867. The lowest BCUT2D eigenvalue weighted by atomic mass is 10.2. The number of ether oxygens (including phenoxy) is 2. The number of benzene rings is 1. The van der Waals surface area contributed by atoms with Crippen LogP contribution in [-0.4, -0.2) is 27.2 Å². The predicted molar refractivity (Wildman–Crippen MR) is 94.4 cm³/mol. The molecule has 0 atom stereocenters. The molecule has 0 saturated heterocycles. The van der Waals surface area contributed by atoms with Gasteiger partial charge in [-0.05, 0) is 12.5 Å². The van der Waals surface area contributed by atoms with Gasteiger partial charge in [-0.1, -0.05) is 41.9 Å². The molecule has 130 valence electrons. The molecule has 25 heavy (non-hydrogen) atoms. The molecular weight excluding hydrogens is 344 g/mol. The number of fused-ring (bicyclic) bond motifs is 1. The van der Waals surface area contributed by atoms with E-state index in [0.717, 1.165) is 5.56 Å². The van der Waals surface area contributed by atoms with Crippen molar-refractivity contribution in [1.29, 1.82) is 0 Å². The summed E-state index contributed by atoms with van der Waals surface area (Å²) in [4.78, 5) is 20.0. The Hall–Kier alpha value is -2.64. The zero-order valence-electron chi connectivity index (χ0n) is 13.6. The number of carbonyl (C=O) groups excluding carboxylic acids is 1. The van der Waals surface area contributed by atoms with Gasteiger partial charge in [-0.15, -0.1) is 0 Å². The first kappa shape index (κ1) is 17.2. The zero-order chi connectivity index (χ0) is 17.6. The van der Waals surface area contributed by atoms with Gasteiger partial charge in [0, 0.05) is 6.07 Å². The number of hydrogen-bond acceptors (Lipinski definition) is 5. The van der Waals surface area contributed by atoms with Crippen LogP contribution in [0.5, 0.6) is 0 Å². The molecule has 0 radical (unpaired) electrons. The number of halogens is 1. The Kier molecular flexibility index (Phi) is 5.47. The van der Waals surface area contributed by atoms with Crippen LogP contribution >= 0.6 is 11.6 Å². The molecule has 0 fully saturated rings. The topological polar surface area (TPSA) is 78.3 Å². The number of hydrogen-bond donors (Lipinski definition) is 1. The van der Waals surface area contributed by atoms with Crippen molar-refractivity contribution < 1.29 is 14.3 Å². The third kappa shape index (κ3) is 4.26. The smallest absolute Gasteiger partial charge is 0.412 e. The molecule has 0 bridgehead atoms. The minimum atomic E-state index is -0.587. The number of nitrogens with zero attached hydrogens (tertiary/aromatic N) is 3. The van der Waals surface area contributed by atoms with Gasteiger partial charge in [0.15, 0.2) is 5.65 Å². The molecule has 3 aromatic rings. The average Bonchev–Trinajstić information content (AvgIpc) is 2.99. The SMILES string of the molecule is CCOC(=O)Nc1cc(Cl)c2c(ncn2COCc2ccccc2)n1. The summed E-state index contributed by atoms with van der Waals surface area (Å²) < 4.78 is 12.3. The molecule has 0 unspecified atom stereocenters. The van der Waals surface area contributed by atoms with Crippen LogP contribution in [0, 0.1) is 0 Å². The second kappa shape index (κ2) is 7.96. The molecule has 3 rings (SSSR count). The van der Waals surface area contributed by atoms with Crippen LogP contribution in [0.4, 0.5) is 10.6 Å². The van der Waals surface area contributed by atoms with Crippen molar-refractivity contribution in [3.8, 4) is 0 Å².